The smallest absolute Gasteiger partial charge is 0.311 e. The van der Waals surface area contributed by atoms with Crippen LogP contribution in [0.25, 0.3) is 11.3 Å². The molecule has 0 radical (unpaired) electrons. The average Bonchev–Trinajstić information content (AvgIpc) is 3.68. The number of aliphatic hydroxyl groups is 3. The molecule has 0 bridgehead atoms. The molecule has 3 aliphatic heterocycles. The van der Waals surface area contributed by atoms with Gasteiger partial charge in [-0.25, -0.2) is 4.68 Å². The number of hydrogen-bond donors (Lipinski definition) is 3. The number of methoxy groups -OCH3 is 2. The molecule has 0 spiro atoms. The summed E-state index contributed by atoms with van der Waals surface area (Å²) in [6, 6.07) is 7.06. The van der Waals surface area contributed by atoms with Crippen LogP contribution in [0, 0.1) is 23.7 Å². The molecule has 0 amide bonds. The molecule has 3 N–H and O–H groups in total. The molecule has 0 unspecified atom stereocenters. The number of cyclic esters (lactones) is 1. The quantitative estimate of drug-likeness (QED) is 0.288. The number of halogens is 1. The zero-order valence-corrected chi connectivity index (χ0v) is 39.8. The van der Waals surface area contributed by atoms with Crippen molar-refractivity contribution in [1.82, 2.24) is 24.8 Å². The van der Waals surface area contributed by atoms with Crippen molar-refractivity contribution in [3.05, 3.63) is 35.5 Å². The molecule has 2 aromatic rings. The number of likely N-dealkylation sites (N-methyl/N-ethyl adjacent to an activating group) is 2. The van der Waals surface area contributed by atoms with E-state index in [-0.39, 0.29) is 36.9 Å². The number of ether oxygens (including phenoxy) is 7. The summed E-state index contributed by atoms with van der Waals surface area (Å²) in [5.74, 6) is -2.56. The van der Waals surface area contributed by atoms with E-state index in [4.69, 9.17) is 44.8 Å². The van der Waals surface area contributed by atoms with Gasteiger partial charge in [0.05, 0.1) is 60.4 Å². The molecule has 3 fully saturated rings. The average molecular weight is 897 g/mol. The van der Waals surface area contributed by atoms with Gasteiger partial charge in [0.1, 0.15) is 24.0 Å². The molecule has 352 valence electrons. The minimum atomic E-state index is -1.11. The highest BCUT2D eigenvalue weighted by molar-refractivity contribution is 6.30. The number of aliphatic hydroxyl groups excluding tert-OH is 3. The first-order valence-electron chi connectivity index (χ1n) is 22.1. The van der Waals surface area contributed by atoms with Crippen LogP contribution in [0.5, 0.6) is 0 Å². The molecule has 3 aliphatic rings. The van der Waals surface area contributed by atoms with Crippen LogP contribution in [0.4, 0.5) is 0 Å². The van der Waals surface area contributed by atoms with E-state index in [1.54, 1.807) is 50.9 Å². The van der Waals surface area contributed by atoms with Crippen LogP contribution in [0.15, 0.2) is 30.5 Å². The summed E-state index contributed by atoms with van der Waals surface area (Å²) in [4.78, 5) is 18.8. The fourth-order valence-corrected chi connectivity index (χ4v) is 9.93. The summed E-state index contributed by atoms with van der Waals surface area (Å²) >= 11 is 6.14. The number of benzene rings is 1. The minimum Gasteiger partial charge on any atom is -0.459 e. The Labute approximate surface area is 373 Å². The molecular weight excluding hydrogens is 822 g/mol. The van der Waals surface area contributed by atoms with Gasteiger partial charge in [-0.15, -0.1) is 5.10 Å². The highest BCUT2D eigenvalue weighted by Gasteiger charge is 2.52. The van der Waals surface area contributed by atoms with Crippen molar-refractivity contribution < 1.29 is 53.3 Å². The van der Waals surface area contributed by atoms with Gasteiger partial charge in [0.25, 0.3) is 0 Å². The predicted octanol–water partition coefficient (Wildman–Crippen LogP) is 4.25. The summed E-state index contributed by atoms with van der Waals surface area (Å²) in [7, 11) is 8.91. The van der Waals surface area contributed by atoms with Gasteiger partial charge in [0.15, 0.2) is 12.6 Å². The molecule has 5 rings (SSSR count). The van der Waals surface area contributed by atoms with Crippen LogP contribution in [0.2, 0.25) is 5.02 Å². The zero-order valence-electron chi connectivity index (χ0n) is 39.0. The molecule has 4 heterocycles. The van der Waals surface area contributed by atoms with E-state index in [2.05, 4.69) is 15.2 Å². The van der Waals surface area contributed by atoms with E-state index < -0.39 is 84.3 Å². The molecule has 16 nitrogen and oxygen atoms in total. The van der Waals surface area contributed by atoms with Gasteiger partial charge in [-0.2, -0.15) is 0 Å². The van der Waals surface area contributed by atoms with Gasteiger partial charge >= 0.3 is 5.97 Å². The molecule has 1 aromatic carbocycles. The van der Waals surface area contributed by atoms with Gasteiger partial charge < -0.3 is 58.3 Å². The summed E-state index contributed by atoms with van der Waals surface area (Å²) < 4.78 is 46.9. The summed E-state index contributed by atoms with van der Waals surface area (Å²) in [5.41, 5.74) is -0.640. The van der Waals surface area contributed by atoms with E-state index in [1.807, 2.05) is 72.8 Å². The third-order valence-corrected chi connectivity index (χ3v) is 13.9. The Bertz CT molecular complexity index is 1720. The van der Waals surface area contributed by atoms with E-state index in [0.29, 0.717) is 36.6 Å². The number of carbonyl (C=O) groups excluding carboxylic acids is 1. The molecular formula is C45H74ClN5O11. The first-order valence-corrected chi connectivity index (χ1v) is 22.4. The van der Waals surface area contributed by atoms with Gasteiger partial charge in [-0.05, 0) is 92.6 Å². The maximum absolute atomic E-state index is 14.8. The fourth-order valence-electron chi connectivity index (χ4n) is 9.81. The molecule has 3 saturated heterocycles. The van der Waals surface area contributed by atoms with Crippen LogP contribution in [0.3, 0.4) is 0 Å². The molecule has 17 atom stereocenters. The van der Waals surface area contributed by atoms with Crippen LogP contribution < -0.4 is 0 Å². The summed E-state index contributed by atoms with van der Waals surface area (Å²) in [5, 5.41) is 44.2. The van der Waals surface area contributed by atoms with Crippen LogP contribution >= 0.6 is 11.6 Å². The van der Waals surface area contributed by atoms with Crippen molar-refractivity contribution in [3.8, 4) is 11.3 Å². The molecule has 1 aromatic heterocycles. The van der Waals surface area contributed by atoms with Gasteiger partial charge in [0.2, 0.25) is 0 Å². The lowest BCUT2D eigenvalue weighted by molar-refractivity contribution is -0.319. The highest BCUT2D eigenvalue weighted by atomic mass is 35.5. The molecule has 17 heteroatoms. The Kier molecular flexibility index (Phi) is 17.4. The monoisotopic (exact) mass is 896 g/mol. The predicted molar refractivity (Wildman–Crippen MR) is 233 cm³/mol. The lowest BCUT2D eigenvalue weighted by atomic mass is 9.75. The maximum atomic E-state index is 14.8. The lowest BCUT2D eigenvalue weighted by Crippen LogP contribution is -2.61. The van der Waals surface area contributed by atoms with Gasteiger partial charge in [-0.1, -0.05) is 49.7 Å². The fraction of sp³-hybridized carbons (Fsp3) is 0.800. The van der Waals surface area contributed by atoms with Crippen molar-refractivity contribution >= 4 is 17.6 Å². The van der Waals surface area contributed by atoms with Crippen molar-refractivity contribution in [2.45, 2.75) is 160 Å². The maximum Gasteiger partial charge on any atom is 0.311 e. The summed E-state index contributed by atoms with van der Waals surface area (Å²) in [6.07, 6.45) is -5.16. The van der Waals surface area contributed by atoms with Crippen molar-refractivity contribution in [2.75, 3.05) is 48.5 Å². The SMILES string of the molecule is CO[C@]1(C)C[C@@H](C)[C@H](O)[C@H](C)CN(C)C[C@H](Cn2cc(-c3ccc(Cl)cc3)nn2)OC(=O)[C@H](C)[C@@H](O[C@H]2C[C@@](C)(OC)[C@@H](O)[C@H](C)O2)[C@H](C)[C@H]1O[C@@H]1O[C@H](C)C[C@H](N(C)C)[C@H]1O. The standard InChI is InChI=1S/C45H74ClN5O11/c1-25-19-45(8,57-13)41(62-43-38(53)35(49(9)10)18-27(3)58-43)28(4)39(61-36-20-44(7,56-12)40(54)30(6)59-36)29(5)42(55)60-33(22-50(11)21-26(2)37(25)52)23-51-24-34(47-48-51)31-14-16-32(46)17-15-31/h14-17,24-30,33,35-41,43,52-54H,18-23H2,1-13H3/t25-,26-,27-,28+,29-,30+,33-,35+,36+,37+,38-,39+,40+,41-,43+,44-,45-/m1/s1. The number of carbonyl (C=O) groups is 1. The molecule has 0 aliphatic carbocycles. The third-order valence-electron chi connectivity index (χ3n) is 13.6. The zero-order chi connectivity index (χ0) is 45.8. The van der Waals surface area contributed by atoms with Crippen molar-refractivity contribution in [3.63, 3.8) is 0 Å². The number of rotatable bonds is 10. The van der Waals surface area contributed by atoms with Crippen molar-refractivity contribution in [2.24, 2.45) is 23.7 Å². The van der Waals surface area contributed by atoms with E-state index >= 15 is 0 Å². The second-order valence-electron chi connectivity index (χ2n) is 19.1. The minimum absolute atomic E-state index is 0.163. The normalized spacial score (nSPS) is 41.1. The Morgan fingerprint density at radius 1 is 0.903 bits per heavy atom. The summed E-state index contributed by atoms with van der Waals surface area (Å²) in [6.45, 7) is 16.2. The van der Waals surface area contributed by atoms with Gasteiger partial charge in [0, 0.05) is 56.3 Å². The number of aromatic nitrogens is 3. The second kappa shape index (κ2) is 21.3. The first-order chi connectivity index (χ1) is 29.1. The van der Waals surface area contributed by atoms with Crippen LogP contribution in [-0.4, -0.2) is 173 Å². The van der Waals surface area contributed by atoms with E-state index in [0.717, 1.165) is 5.56 Å². The van der Waals surface area contributed by atoms with E-state index in [1.165, 1.54) is 7.11 Å². The number of hydrogen-bond acceptors (Lipinski definition) is 15. The van der Waals surface area contributed by atoms with Crippen LogP contribution in [0.1, 0.15) is 74.7 Å². The molecule has 0 saturated carbocycles. The van der Waals surface area contributed by atoms with Crippen LogP contribution in [-0.2, 0) is 44.5 Å². The Morgan fingerprint density at radius 3 is 2.19 bits per heavy atom. The number of nitrogens with zero attached hydrogens (tertiary/aromatic N) is 5. The second-order valence-corrected chi connectivity index (χ2v) is 19.5. The van der Waals surface area contributed by atoms with Crippen molar-refractivity contribution in [1.29, 1.82) is 0 Å². The Balaban J connectivity index is 1.57. The molecule has 62 heavy (non-hydrogen) atoms. The lowest BCUT2D eigenvalue weighted by Gasteiger charge is -2.49. The third kappa shape index (κ3) is 11.9. The van der Waals surface area contributed by atoms with E-state index in [9.17, 15) is 20.1 Å². The topological polar surface area (TPSA) is 180 Å². The number of esters is 1. The largest absolute Gasteiger partial charge is 0.459 e. The Morgan fingerprint density at radius 2 is 1.56 bits per heavy atom. The van der Waals surface area contributed by atoms with Gasteiger partial charge in [-0.3, -0.25) is 4.79 Å². The Hall–Kier alpha value is -2.32. The first kappa shape index (κ1) is 50.7. The highest BCUT2D eigenvalue weighted by Crippen LogP contribution is 2.41.